The number of halogens is 1. The van der Waals surface area contributed by atoms with Gasteiger partial charge in [-0.2, -0.15) is 5.10 Å². The molecule has 146 valence electrons. The van der Waals surface area contributed by atoms with Crippen LogP contribution in [-0.2, 0) is 23.4 Å². The molecule has 0 N–H and O–H groups in total. The smallest absolute Gasteiger partial charge is 0.277 e. The Bertz CT molecular complexity index is 975. The minimum absolute atomic E-state index is 0.0457. The molecule has 1 aromatic heterocycles. The van der Waals surface area contributed by atoms with Gasteiger partial charge >= 0.3 is 0 Å². The normalized spacial score (nSPS) is 19.7. The Kier molecular flexibility index (Phi) is 5.16. The SMILES string of the molecule is COc1cc(CN2CCS(=O)(=O)CC2c2cnn(C)c2)c([N+](=O)[O-])cc1F. The number of nitro benzene ring substituents is 1. The van der Waals surface area contributed by atoms with Crippen molar-refractivity contribution in [3.8, 4) is 5.75 Å². The monoisotopic (exact) mass is 398 g/mol. The third kappa shape index (κ3) is 4.08. The summed E-state index contributed by atoms with van der Waals surface area (Å²) in [6.45, 7) is 0.292. The van der Waals surface area contributed by atoms with E-state index in [1.54, 1.807) is 24.1 Å². The van der Waals surface area contributed by atoms with Gasteiger partial charge in [0.05, 0.1) is 41.8 Å². The highest BCUT2D eigenvalue weighted by Gasteiger charge is 2.34. The Balaban J connectivity index is 1.98. The zero-order chi connectivity index (χ0) is 19.8. The van der Waals surface area contributed by atoms with Crippen molar-refractivity contribution in [2.24, 2.45) is 7.05 Å². The summed E-state index contributed by atoms with van der Waals surface area (Å²) in [6, 6.07) is 1.62. The molecule has 1 aliphatic rings. The third-order valence-electron chi connectivity index (χ3n) is 4.57. The Labute approximate surface area is 155 Å². The van der Waals surface area contributed by atoms with Gasteiger partial charge in [0.25, 0.3) is 5.69 Å². The van der Waals surface area contributed by atoms with E-state index in [0.29, 0.717) is 5.56 Å². The molecular weight excluding hydrogens is 379 g/mol. The van der Waals surface area contributed by atoms with Crippen LogP contribution in [0, 0.1) is 15.9 Å². The molecular formula is C16H19FN4O5S. The highest BCUT2D eigenvalue weighted by molar-refractivity contribution is 7.91. The van der Waals surface area contributed by atoms with Gasteiger partial charge in [-0.1, -0.05) is 0 Å². The first-order valence-corrected chi connectivity index (χ1v) is 9.96. The fourth-order valence-electron chi connectivity index (χ4n) is 3.21. The number of sulfone groups is 1. The van der Waals surface area contributed by atoms with Crippen LogP contribution >= 0.6 is 0 Å². The molecule has 2 aromatic rings. The van der Waals surface area contributed by atoms with E-state index in [4.69, 9.17) is 4.74 Å². The number of hydrogen-bond acceptors (Lipinski definition) is 7. The largest absolute Gasteiger partial charge is 0.494 e. The number of nitro groups is 1. The summed E-state index contributed by atoms with van der Waals surface area (Å²) in [5.41, 5.74) is 0.593. The molecule has 1 aromatic carbocycles. The first-order chi connectivity index (χ1) is 12.7. The predicted octanol–water partition coefficient (Wildman–Crippen LogP) is 1.45. The van der Waals surface area contributed by atoms with E-state index in [-0.39, 0.29) is 41.6 Å². The number of nitrogens with zero attached hydrogens (tertiary/aromatic N) is 4. The minimum atomic E-state index is -3.24. The van der Waals surface area contributed by atoms with Gasteiger partial charge in [0.2, 0.25) is 0 Å². The Morgan fingerprint density at radius 3 is 2.78 bits per heavy atom. The maximum absolute atomic E-state index is 13.9. The topological polar surface area (TPSA) is 108 Å². The van der Waals surface area contributed by atoms with Crippen LogP contribution in [0.15, 0.2) is 24.5 Å². The van der Waals surface area contributed by atoms with Crippen LogP contribution in [-0.4, -0.2) is 53.2 Å². The average Bonchev–Trinajstić information content (AvgIpc) is 3.03. The van der Waals surface area contributed by atoms with Gasteiger partial charge in [-0.25, -0.2) is 12.8 Å². The van der Waals surface area contributed by atoms with Crippen LogP contribution in [0.5, 0.6) is 5.75 Å². The van der Waals surface area contributed by atoms with Crippen molar-refractivity contribution >= 4 is 15.5 Å². The molecule has 0 bridgehead atoms. The van der Waals surface area contributed by atoms with Gasteiger partial charge in [0.1, 0.15) is 0 Å². The zero-order valence-corrected chi connectivity index (χ0v) is 15.6. The lowest BCUT2D eigenvalue weighted by Gasteiger charge is -2.34. The van der Waals surface area contributed by atoms with Crippen LogP contribution in [0.1, 0.15) is 17.2 Å². The van der Waals surface area contributed by atoms with Gasteiger partial charge in [-0.15, -0.1) is 0 Å². The molecule has 2 heterocycles. The van der Waals surface area contributed by atoms with E-state index in [1.165, 1.54) is 13.2 Å². The van der Waals surface area contributed by atoms with Crippen molar-refractivity contribution in [2.45, 2.75) is 12.6 Å². The minimum Gasteiger partial charge on any atom is -0.494 e. The lowest BCUT2D eigenvalue weighted by Crippen LogP contribution is -2.42. The van der Waals surface area contributed by atoms with Gasteiger partial charge in [-0.3, -0.25) is 19.7 Å². The summed E-state index contributed by atoms with van der Waals surface area (Å²) in [5, 5.41) is 15.4. The predicted molar refractivity (Wildman–Crippen MR) is 94.6 cm³/mol. The fourth-order valence-corrected chi connectivity index (χ4v) is 4.77. The van der Waals surface area contributed by atoms with Crippen LogP contribution in [0.3, 0.4) is 0 Å². The van der Waals surface area contributed by atoms with Gasteiger partial charge in [-0.05, 0) is 6.07 Å². The Hall–Kier alpha value is -2.53. The van der Waals surface area contributed by atoms with Crippen LogP contribution in [0.4, 0.5) is 10.1 Å². The maximum atomic E-state index is 13.9. The van der Waals surface area contributed by atoms with Crippen LogP contribution in [0.2, 0.25) is 0 Å². The zero-order valence-electron chi connectivity index (χ0n) is 14.8. The Morgan fingerprint density at radius 1 is 1.44 bits per heavy atom. The first kappa shape index (κ1) is 19.2. The van der Waals surface area contributed by atoms with Crippen molar-refractivity contribution in [3.05, 3.63) is 51.6 Å². The molecule has 3 rings (SSSR count). The molecule has 27 heavy (non-hydrogen) atoms. The lowest BCUT2D eigenvalue weighted by atomic mass is 10.1. The number of hydrogen-bond donors (Lipinski definition) is 0. The lowest BCUT2D eigenvalue weighted by molar-refractivity contribution is -0.386. The van der Waals surface area contributed by atoms with E-state index in [1.807, 2.05) is 4.90 Å². The second-order valence-corrected chi connectivity index (χ2v) is 8.65. The van der Waals surface area contributed by atoms with E-state index in [2.05, 4.69) is 5.10 Å². The number of aryl methyl sites for hydroxylation is 1. The number of benzene rings is 1. The summed E-state index contributed by atoms with van der Waals surface area (Å²) in [7, 11) is -0.239. The summed E-state index contributed by atoms with van der Waals surface area (Å²) < 4.78 is 44.6. The third-order valence-corrected chi connectivity index (χ3v) is 6.20. The summed E-state index contributed by atoms with van der Waals surface area (Å²) in [5.74, 6) is -1.07. The molecule has 1 unspecified atom stereocenters. The van der Waals surface area contributed by atoms with Crippen LogP contribution < -0.4 is 4.74 Å². The quantitative estimate of drug-likeness (QED) is 0.554. The maximum Gasteiger partial charge on any atom is 0.277 e. The van der Waals surface area contributed by atoms with Crippen molar-refractivity contribution in [2.75, 3.05) is 25.2 Å². The average molecular weight is 398 g/mol. The van der Waals surface area contributed by atoms with Crippen molar-refractivity contribution in [1.82, 2.24) is 14.7 Å². The molecule has 0 saturated carbocycles. The second kappa shape index (κ2) is 7.24. The summed E-state index contributed by atoms with van der Waals surface area (Å²) in [6.07, 6.45) is 3.30. The van der Waals surface area contributed by atoms with Crippen molar-refractivity contribution < 1.29 is 22.5 Å². The highest BCUT2D eigenvalue weighted by Crippen LogP contribution is 2.33. The Morgan fingerprint density at radius 2 is 2.19 bits per heavy atom. The molecule has 1 fully saturated rings. The first-order valence-electron chi connectivity index (χ1n) is 8.14. The van der Waals surface area contributed by atoms with E-state index >= 15 is 0 Å². The highest BCUT2D eigenvalue weighted by atomic mass is 32.2. The van der Waals surface area contributed by atoms with E-state index in [9.17, 15) is 22.9 Å². The van der Waals surface area contributed by atoms with E-state index < -0.39 is 26.6 Å². The van der Waals surface area contributed by atoms with Gasteiger partial charge < -0.3 is 4.74 Å². The molecule has 1 saturated heterocycles. The molecule has 1 aliphatic heterocycles. The van der Waals surface area contributed by atoms with Crippen molar-refractivity contribution in [1.29, 1.82) is 0 Å². The number of rotatable bonds is 5. The number of methoxy groups -OCH3 is 1. The van der Waals surface area contributed by atoms with Crippen molar-refractivity contribution in [3.63, 3.8) is 0 Å². The molecule has 0 amide bonds. The fraction of sp³-hybridized carbons (Fsp3) is 0.438. The molecule has 0 radical (unpaired) electrons. The summed E-state index contributed by atoms with van der Waals surface area (Å²) >= 11 is 0. The number of ether oxygens (including phenoxy) is 1. The van der Waals surface area contributed by atoms with E-state index in [0.717, 1.165) is 6.07 Å². The molecule has 0 spiro atoms. The second-order valence-electron chi connectivity index (χ2n) is 6.42. The standard InChI is InChI=1S/C16H19FN4O5S/c1-19-8-12(7-18-19)15-10-27(24,25)4-3-20(15)9-11-5-16(26-2)13(17)6-14(11)21(22)23/h5-8,15H,3-4,9-10H2,1-2H3. The molecule has 9 nitrogen and oxygen atoms in total. The summed E-state index contributed by atoms with van der Waals surface area (Å²) in [4.78, 5) is 12.5. The number of aromatic nitrogens is 2. The van der Waals surface area contributed by atoms with Gasteiger partial charge in [0, 0.05) is 37.5 Å². The van der Waals surface area contributed by atoms with Gasteiger partial charge in [0.15, 0.2) is 21.4 Å². The molecule has 0 aliphatic carbocycles. The van der Waals surface area contributed by atoms with Crippen LogP contribution in [0.25, 0.3) is 0 Å². The molecule has 11 heteroatoms. The molecule has 1 atom stereocenters.